The number of methoxy groups -OCH3 is 1. The number of hydrogen-bond donors (Lipinski definition) is 1. The highest BCUT2D eigenvalue weighted by Gasteiger charge is 2.22. The summed E-state index contributed by atoms with van der Waals surface area (Å²) < 4.78 is 10.7. The Morgan fingerprint density at radius 1 is 0.971 bits per heavy atom. The standard InChI is InChI=1S/C28H27NO4S/c1-3-4-7-19-10-12-21(13-11-19)24-18-34-27(26(24)28(31)32-2)29-25(30)17-33-23-15-14-20-8-5-6-9-22(20)16-23/h5-6,8-16,18H,3-4,7,17H2,1-2H3,(H,29,30). The third-order valence-electron chi connectivity index (χ3n) is 5.61. The van der Waals surface area contributed by atoms with Gasteiger partial charge in [0.1, 0.15) is 16.3 Å². The summed E-state index contributed by atoms with van der Waals surface area (Å²) in [7, 11) is 1.34. The van der Waals surface area contributed by atoms with Gasteiger partial charge in [-0.05, 0) is 46.9 Å². The Hall–Kier alpha value is -3.64. The van der Waals surface area contributed by atoms with Gasteiger partial charge in [0, 0.05) is 10.9 Å². The van der Waals surface area contributed by atoms with Crippen LogP contribution < -0.4 is 10.1 Å². The summed E-state index contributed by atoms with van der Waals surface area (Å²) in [6.45, 7) is 2.00. The number of nitrogens with one attached hydrogen (secondary N) is 1. The first kappa shape index (κ1) is 23.5. The van der Waals surface area contributed by atoms with Gasteiger partial charge in [0.2, 0.25) is 0 Å². The third-order valence-corrected chi connectivity index (χ3v) is 6.50. The molecular formula is C28H27NO4S. The molecule has 4 aromatic rings. The Bertz CT molecular complexity index is 1290. The van der Waals surface area contributed by atoms with Gasteiger partial charge in [-0.3, -0.25) is 4.79 Å². The minimum Gasteiger partial charge on any atom is -0.484 e. The van der Waals surface area contributed by atoms with Gasteiger partial charge in [-0.15, -0.1) is 11.3 Å². The summed E-state index contributed by atoms with van der Waals surface area (Å²) in [4.78, 5) is 25.2. The summed E-state index contributed by atoms with van der Waals surface area (Å²) in [5.74, 6) is -0.226. The van der Waals surface area contributed by atoms with Crippen molar-refractivity contribution in [3.63, 3.8) is 0 Å². The van der Waals surface area contributed by atoms with E-state index in [-0.39, 0.29) is 12.5 Å². The second-order valence-electron chi connectivity index (χ2n) is 7.99. The molecule has 1 amide bonds. The molecule has 0 aliphatic carbocycles. The molecule has 6 heteroatoms. The number of benzene rings is 3. The first-order chi connectivity index (χ1) is 16.6. The van der Waals surface area contributed by atoms with Crippen LogP contribution in [0, 0.1) is 0 Å². The molecular weight excluding hydrogens is 446 g/mol. The second-order valence-corrected chi connectivity index (χ2v) is 8.87. The molecule has 0 aliphatic rings. The number of carbonyl (C=O) groups excluding carboxylic acids is 2. The third kappa shape index (κ3) is 5.46. The van der Waals surface area contributed by atoms with Gasteiger partial charge in [0.15, 0.2) is 6.61 Å². The molecule has 1 N–H and O–H groups in total. The van der Waals surface area contributed by atoms with Crippen LogP contribution in [-0.2, 0) is 16.0 Å². The smallest absolute Gasteiger partial charge is 0.341 e. The van der Waals surface area contributed by atoms with Crippen molar-refractivity contribution in [2.45, 2.75) is 26.2 Å². The van der Waals surface area contributed by atoms with Crippen LogP contribution in [0.3, 0.4) is 0 Å². The molecule has 174 valence electrons. The minimum absolute atomic E-state index is 0.168. The molecule has 0 saturated carbocycles. The molecule has 34 heavy (non-hydrogen) atoms. The lowest BCUT2D eigenvalue weighted by molar-refractivity contribution is -0.118. The van der Waals surface area contributed by atoms with Crippen LogP contribution in [0.1, 0.15) is 35.7 Å². The van der Waals surface area contributed by atoms with Gasteiger partial charge in [-0.1, -0.05) is 67.9 Å². The average molecular weight is 474 g/mol. The Morgan fingerprint density at radius 3 is 2.47 bits per heavy atom. The van der Waals surface area contributed by atoms with E-state index in [0.29, 0.717) is 16.3 Å². The highest BCUT2D eigenvalue weighted by molar-refractivity contribution is 7.15. The summed E-state index contributed by atoms with van der Waals surface area (Å²) in [5.41, 5.74) is 3.27. The summed E-state index contributed by atoms with van der Waals surface area (Å²) >= 11 is 1.30. The second kappa shape index (κ2) is 11.0. The van der Waals surface area contributed by atoms with Gasteiger partial charge in [-0.2, -0.15) is 0 Å². The molecule has 1 heterocycles. The molecule has 0 saturated heterocycles. The van der Waals surface area contributed by atoms with E-state index in [2.05, 4.69) is 24.4 Å². The number of amides is 1. The van der Waals surface area contributed by atoms with E-state index in [4.69, 9.17) is 9.47 Å². The highest BCUT2D eigenvalue weighted by Crippen LogP contribution is 2.36. The van der Waals surface area contributed by atoms with Crippen LogP contribution in [-0.4, -0.2) is 25.6 Å². The summed E-state index contributed by atoms with van der Waals surface area (Å²) in [6.07, 6.45) is 3.32. The largest absolute Gasteiger partial charge is 0.484 e. The number of fused-ring (bicyclic) bond motifs is 1. The molecule has 5 nitrogen and oxygen atoms in total. The highest BCUT2D eigenvalue weighted by atomic mass is 32.1. The van der Waals surface area contributed by atoms with Crippen molar-refractivity contribution in [1.29, 1.82) is 0 Å². The number of unbranched alkanes of at least 4 members (excludes halogenated alkanes) is 1. The first-order valence-corrected chi connectivity index (χ1v) is 12.2. The summed E-state index contributed by atoms with van der Waals surface area (Å²) in [5, 5.41) is 7.27. The quantitative estimate of drug-likeness (QED) is 0.274. The fourth-order valence-electron chi connectivity index (χ4n) is 3.77. The average Bonchev–Trinajstić information content (AvgIpc) is 3.29. The van der Waals surface area contributed by atoms with Crippen molar-refractivity contribution in [2.75, 3.05) is 19.0 Å². The van der Waals surface area contributed by atoms with E-state index >= 15 is 0 Å². The van der Waals surface area contributed by atoms with Crippen LogP contribution >= 0.6 is 11.3 Å². The number of anilines is 1. The van der Waals surface area contributed by atoms with E-state index in [1.165, 1.54) is 24.0 Å². The molecule has 4 rings (SSSR count). The molecule has 0 spiro atoms. The van der Waals surface area contributed by atoms with Crippen molar-refractivity contribution >= 4 is 39.0 Å². The maximum absolute atomic E-state index is 12.6. The normalized spacial score (nSPS) is 10.8. The number of aryl methyl sites for hydroxylation is 1. The molecule has 0 fully saturated rings. The zero-order valence-electron chi connectivity index (χ0n) is 19.3. The molecule has 0 atom stereocenters. The van der Waals surface area contributed by atoms with Crippen LogP contribution in [0.5, 0.6) is 5.75 Å². The van der Waals surface area contributed by atoms with Gasteiger partial charge in [0.05, 0.1) is 7.11 Å². The maximum atomic E-state index is 12.6. The van der Waals surface area contributed by atoms with E-state index in [1.807, 2.05) is 60.0 Å². The van der Waals surface area contributed by atoms with Crippen molar-refractivity contribution in [3.05, 3.63) is 83.2 Å². The Labute approximate surface area is 203 Å². The van der Waals surface area contributed by atoms with Gasteiger partial charge < -0.3 is 14.8 Å². The van der Waals surface area contributed by atoms with Crippen LogP contribution in [0.15, 0.2) is 72.1 Å². The summed E-state index contributed by atoms with van der Waals surface area (Å²) in [6, 6.07) is 21.8. The first-order valence-electron chi connectivity index (χ1n) is 11.3. The monoisotopic (exact) mass is 473 g/mol. The van der Waals surface area contributed by atoms with Crippen LogP contribution in [0.4, 0.5) is 5.00 Å². The Balaban J connectivity index is 1.48. The lowest BCUT2D eigenvalue weighted by Gasteiger charge is -2.10. The number of rotatable bonds is 9. The molecule has 1 aromatic heterocycles. The molecule has 0 bridgehead atoms. The van der Waals surface area contributed by atoms with Gasteiger partial charge in [-0.25, -0.2) is 4.79 Å². The fraction of sp³-hybridized carbons (Fsp3) is 0.214. The maximum Gasteiger partial charge on any atom is 0.341 e. The lowest BCUT2D eigenvalue weighted by atomic mass is 10.0. The van der Waals surface area contributed by atoms with Gasteiger partial charge >= 0.3 is 5.97 Å². The number of ether oxygens (including phenoxy) is 2. The number of thiophene rings is 1. The van der Waals surface area contributed by atoms with Crippen molar-refractivity contribution in [2.24, 2.45) is 0 Å². The molecule has 0 unspecified atom stereocenters. The van der Waals surface area contributed by atoms with E-state index in [0.717, 1.165) is 41.2 Å². The number of esters is 1. The van der Waals surface area contributed by atoms with Crippen LogP contribution in [0.25, 0.3) is 21.9 Å². The SMILES string of the molecule is CCCCc1ccc(-c2csc(NC(=O)COc3ccc4ccccc4c3)c2C(=O)OC)cc1. The molecule has 0 radical (unpaired) electrons. The Morgan fingerprint density at radius 2 is 1.74 bits per heavy atom. The zero-order chi connectivity index (χ0) is 23.9. The number of hydrogen-bond acceptors (Lipinski definition) is 5. The van der Waals surface area contributed by atoms with Crippen molar-refractivity contribution < 1.29 is 19.1 Å². The van der Waals surface area contributed by atoms with E-state index in [1.54, 1.807) is 0 Å². The van der Waals surface area contributed by atoms with Gasteiger partial charge in [0.25, 0.3) is 5.91 Å². The lowest BCUT2D eigenvalue weighted by Crippen LogP contribution is -2.21. The van der Waals surface area contributed by atoms with E-state index in [9.17, 15) is 9.59 Å². The van der Waals surface area contributed by atoms with Crippen molar-refractivity contribution in [3.8, 4) is 16.9 Å². The van der Waals surface area contributed by atoms with Crippen molar-refractivity contribution in [1.82, 2.24) is 0 Å². The number of carbonyl (C=O) groups is 2. The van der Waals surface area contributed by atoms with Crippen LogP contribution in [0.2, 0.25) is 0 Å². The molecule has 3 aromatic carbocycles. The van der Waals surface area contributed by atoms with E-state index < -0.39 is 5.97 Å². The zero-order valence-corrected chi connectivity index (χ0v) is 20.1. The minimum atomic E-state index is -0.489. The predicted molar refractivity (Wildman–Crippen MR) is 138 cm³/mol. The molecule has 0 aliphatic heterocycles. The predicted octanol–water partition coefficient (Wildman–Crippen LogP) is 6.72. The fourth-order valence-corrected chi connectivity index (χ4v) is 4.74. The topological polar surface area (TPSA) is 64.6 Å². The Kier molecular flexibility index (Phi) is 7.60.